The molecule has 0 atom stereocenters. The Morgan fingerprint density at radius 2 is 2.21 bits per heavy atom. The number of halogens is 2. The summed E-state index contributed by atoms with van der Waals surface area (Å²) in [7, 11) is 1.72. The highest BCUT2D eigenvalue weighted by Gasteiger charge is 2.16. The number of benzene rings is 1. The molecule has 0 aliphatic carbocycles. The van der Waals surface area contributed by atoms with Gasteiger partial charge in [0.15, 0.2) is 11.6 Å². The van der Waals surface area contributed by atoms with Crippen LogP contribution in [0.1, 0.15) is 19.0 Å². The standard InChI is InChI=1S/C13H15BrFN3O/c1-3-4-10-12(16)13(18(2)17-10)19-11-7-8(14)5-6-9(11)15/h5-7H,3-4,16H2,1-2H3. The Labute approximate surface area is 119 Å². The van der Waals surface area contributed by atoms with Crippen LogP contribution in [0.25, 0.3) is 0 Å². The molecule has 0 aliphatic rings. The average Bonchev–Trinajstić information content (AvgIpc) is 2.62. The van der Waals surface area contributed by atoms with Gasteiger partial charge < -0.3 is 10.5 Å². The van der Waals surface area contributed by atoms with E-state index < -0.39 is 5.82 Å². The van der Waals surface area contributed by atoms with E-state index in [9.17, 15) is 4.39 Å². The third-order valence-corrected chi connectivity index (χ3v) is 3.19. The highest BCUT2D eigenvalue weighted by Crippen LogP contribution is 2.32. The van der Waals surface area contributed by atoms with Gasteiger partial charge in [0.1, 0.15) is 5.69 Å². The SMILES string of the molecule is CCCc1nn(C)c(Oc2cc(Br)ccc2F)c1N. The van der Waals surface area contributed by atoms with Gasteiger partial charge in [-0.25, -0.2) is 9.07 Å². The minimum atomic E-state index is -0.444. The van der Waals surface area contributed by atoms with Crippen molar-refractivity contribution >= 4 is 21.6 Å². The predicted octanol–water partition coefficient (Wildman–Crippen LogP) is 3.65. The number of aryl methyl sites for hydroxylation is 2. The zero-order valence-corrected chi connectivity index (χ0v) is 12.4. The number of nitrogens with two attached hydrogens (primary N) is 1. The third kappa shape index (κ3) is 2.89. The first-order valence-electron chi connectivity index (χ1n) is 5.97. The molecule has 0 unspecified atom stereocenters. The lowest BCUT2D eigenvalue weighted by molar-refractivity contribution is 0.405. The van der Waals surface area contributed by atoms with Crippen LogP contribution < -0.4 is 10.5 Å². The number of aromatic nitrogens is 2. The highest BCUT2D eigenvalue weighted by molar-refractivity contribution is 9.10. The molecule has 1 heterocycles. The van der Waals surface area contributed by atoms with Crippen molar-refractivity contribution in [1.29, 1.82) is 0 Å². The lowest BCUT2D eigenvalue weighted by atomic mass is 10.2. The van der Waals surface area contributed by atoms with E-state index in [4.69, 9.17) is 10.5 Å². The Morgan fingerprint density at radius 1 is 1.47 bits per heavy atom. The van der Waals surface area contributed by atoms with E-state index in [0.717, 1.165) is 23.0 Å². The summed E-state index contributed by atoms with van der Waals surface area (Å²) in [6, 6.07) is 4.50. The molecule has 1 aromatic carbocycles. The molecule has 4 nitrogen and oxygen atoms in total. The van der Waals surface area contributed by atoms with Gasteiger partial charge in [0, 0.05) is 11.5 Å². The van der Waals surface area contributed by atoms with Gasteiger partial charge in [-0.2, -0.15) is 5.10 Å². The first kappa shape index (κ1) is 13.9. The maximum atomic E-state index is 13.7. The second-order valence-electron chi connectivity index (χ2n) is 4.22. The molecule has 2 rings (SSSR count). The van der Waals surface area contributed by atoms with Crippen LogP contribution in [0.2, 0.25) is 0 Å². The number of nitrogen functional groups attached to an aromatic ring is 1. The lowest BCUT2D eigenvalue weighted by Gasteiger charge is -2.08. The number of anilines is 1. The Kier molecular flexibility index (Phi) is 4.09. The molecule has 19 heavy (non-hydrogen) atoms. The van der Waals surface area contributed by atoms with Gasteiger partial charge in [-0.3, -0.25) is 0 Å². The van der Waals surface area contributed by atoms with Crippen LogP contribution in [0, 0.1) is 5.82 Å². The largest absolute Gasteiger partial charge is 0.434 e. The molecule has 0 bridgehead atoms. The minimum absolute atomic E-state index is 0.118. The van der Waals surface area contributed by atoms with E-state index >= 15 is 0 Å². The van der Waals surface area contributed by atoms with Crippen molar-refractivity contribution in [3.63, 3.8) is 0 Å². The summed E-state index contributed by atoms with van der Waals surface area (Å²) in [5.41, 5.74) is 7.22. The first-order chi connectivity index (χ1) is 9.02. The van der Waals surface area contributed by atoms with Crippen LogP contribution in [0.3, 0.4) is 0 Å². The van der Waals surface area contributed by atoms with Crippen molar-refractivity contribution in [2.75, 3.05) is 5.73 Å². The normalized spacial score (nSPS) is 10.7. The summed E-state index contributed by atoms with van der Waals surface area (Å²) in [4.78, 5) is 0. The van der Waals surface area contributed by atoms with Gasteiger partial charge in [0.2, 0.25) is 5.88 Å². The predicted molar refractivity (Wildman–Crippen MR) is 75.8 cm³/mol. The molecule has 0 saturated heterocycles. The smallest absolute Gasteiger partial charge is 0.241 e. The Hall–Kier alpha value is -1.56. The summed E-state index contributed by atoms with van der Waals surface area (Å²) in [5, 5.41) is 4.28. The summed E-state index contributed by atoms with van der Waals surface area (Å²) < 4.78 is 21.5. The second-order valence-corrected chi connectivity index (χ2v) is 5.13. The summed E-state index contributed by atoms with van der Waals surface area (Å²) in [5.74, 6) is 0.0356. The summed E-state index contributed by atoms with van der Waals surface area (Å²) >= 11 is 3.28. The van der Waals surface area contributed by atoms with Gasteiger partial charge in [-0.1, -0.05) is 29.3 Å². The zero-order chi connectivity index (χ0) is 14.0. The highest BCUT2D eigenvalue weighted by atomic mass is 79.9. The molecular formula is C13H15BrFN3O. The summed E-state index contributed by atoms with van der Waals surface area (Å²) in [6.07, 6.45) is 1.70. The molecule has 0 fully saturated rings. The molecule has 2 N–H and O–H groups in total. The maximum absolute atomic E-state index is 13.7. The number of rotatable bonds is 4. The Morgan fingerprint density at radius 3 is 2.89 bits per heavy atom. The van der Waals surface area contributed by atoms with Crippen LogP contribution in [0.4, 0.5) is 10.1 Å². The Balaban J connectivity index is 2.35. The molecular weight excluding hydrogens is 313 g/mol. The molecule has 2 aromatic rings. The van der Waals surface area contributed by atoms with Gasteiger partial charge in [0.05, 0.1) is 5.69 Å². The average molecular weight is 328 g/mol. The number of hydrogen-bond donors (Lipinski definition) is 1. The lowest BCUT2D eigenvalue weighted by Crippen LogP contribution is -1.98. The monoisotopic (exact) mass is 327 g/mol. The van der Waals surface area contributed by atoms with E-state index in [-0.39, 0.29) is 5.75 Å². The quantitative estimate of drug-likeness (QED) is 0.932. The van der Waals surface area contributed by atoms with Crippen molar-refractivity contribution in [3.8, 4) is 11.6 Å². The van der Waals surface area contributed by atoms with Gasteiger partial charge in [-0.05, 0) is 24.6 Å². The van der Waals surface area contributed by atoms with Crippen molar-refractivity contribution in [3.05, 3.63) is 34.2 Å². The van der Waals surface area contributed by atoms with E-state index in [1.165, 1.54) is 10.7 Å². The number of nitrogens with zero attached hydrogens (tertiary/aromatic N) is 2. The minimum Gasteiger partial charge on any atom is -0.434 e. The van der Waals surface area contributed by atoms with Crippen LogP contribution in [-0.4, -0.2) is 9.78 Å². The van der Waals surface area contributed by atoms with Crippen LogP contribution in [-0.2, 0) is 13.5 Å². The molecule has 0 radical (unpaired) electrons. The van der Waals surface area contributed by atoms with Crippen LogP contribution in [0.5, 0.6) is 11.6 Å². The van der Waals surface area contributed by atoms with Crippen molar-refractivity contribution in [2.45, 2.75) is 19.8 Å². The molecule has 0 amide bonds. The fourth-order valence-electron chi connectivity index (χ4n) is 1.78. The zero-order valence-electron chi connectivity index (χ0n) is 10.8. The topological polar surface area (TPSA) is 53.1 Å². The van der Waals surface area contributed by atoms with Crippen molar-refractivity contribution in [1.82, 2.24) is 9.78 Å². The van der Waals surface area contributed by atoms with Gasteiger partial charge >= 0.3 is 0 Å². The summed E-state index contributed by atoms with van der Waals surface area (Å²) in [6.45, 7) is 2.04. The van der Waals surface area contributed by atoms with E-state index in [0.29, 0.717) is 11.6 Å². The molecule has 0 saturated carbocycles. The fraction of sp³-hybridized carbons (Fsp3) is 0.308. The third-order valence-electron chi connectivity index (χ3n) is 2.69. The molecule has 0 aliphatic heterocycles. The first-order valence-corrected chi connectivity index (χ1v) is 6.76. The van der Waals surface area contributed by atoms with Crippen LogP contribution in [0.15, 0.2) is 22.7 Å². The van der Waals surface area contributed by atoms with Gasteiger partial charge in [0.25, 0.3) is 0 Å². The molecule has 0 spiro atoms. The number of hydrogen-bond acceptors (Lipinski definition) is 3. The molecule has 102 valence electrons. The van der Waals surface area contributed by atoms with E-state index in [1.54, 1.807) is 19.2 Å². The van der Waals surface area contributed by atoms with Crippen molar-refractivity contribution < 1.29 is 9.13 Å². The van der Waals surface area contributed by atoms with E-state index in [2.05, 4.69) is 21.0 Å². The van der Waals surface area contributed by atoms with Crippen molar-refractivity contribution in [2.24, 2.45) is 7.05 Å². The van der Waals surface area contributed by atoms with E-state index in [1.807, 2.05) is 6.92 Å². The molecule has 1 aromatic heterocycles. The molecule has 6 heteroatoms. The fourth-order valence-corrected chi connectivity index (χ4v) is 2.12. The number of ether oxygens (including phenoxy) is 1. The second kappa shape index (κ2) is 5.61. The maximum Gasteiger partial charge on any atom is 0.241 e. The Bertz CT molecular complexity index is 598. The van der Waals surface area contributed by atoms with Gasteiger partial charge in [-0.15, -0.1) is 0 Å². The van der Waals surface area contributed by atoms with Crippen LogP contribution >= 0.6 is 15.9 Å².